The molecule has 9 nitrogen and oxygen atoms in total. The van der Waals surface area contributed by atoms with Crippen molar-refractivity contribution in [2.45, 2.75) is 6.54 Å². The highest BCUT2D eigenvalue weighted by Crippen LogP contribution is 2.23. The summed E-state index contributed by atoms with van der Waals surface area (Å²) in [5.41, 5.74) is 1.67. The molecule has 136 valence electrons. The number of aromatic nitrogens is 6. The third kappa shape index (κ3) is 3.34. The number of piperazine rings is 1. The van der Waals surface area contributed by atoms with Crippen LogP contribution in [0.4, 0.5) is 11.8 Å². The molecule has 26 heavy (non-hydrogen) atoms. The van der Waals surface area contributed by atoms with Gasteiger partial charge in [-0.15, -0.1) is 0 Å². The molecule has 10 heteroatoms. The summed E-state index contributed by atoms with van der Waals surface area (Å²) in [6.45, 7) is 4.66. The van der Waals surface area contributed by atoms with Gasteiger partial charge in [-0.1, -0.05) is 0 Å². The number of rotatable bonds is 5. The Balaban J connectivity index is 1.50. The SMILES string of the molecule is COCCn1cnc2c(N3CCN(c4ncc(Br)cn4)CC3)ncnc21. The van der Waals surface area contributed by atoms with Crippen molar-refractivity contribution in [3.63, 3.8) is 0 Å². The Bertz CT molecular complexity index is 876. The van der Waals surface area contributed by atoms with E-state index in [9.17, 15) is 0 Å². The first kappa shape index (κ1) is 17.1. The van der Waals surface area contributed by atoms with Crippen molar-refractivity contribution >= 4 is 38.9 Å². The zero-order valence-corrected chi connectivity index (χ0v) is 16.0. The van der Waals surface area contributed by atoms with Crippen LogP contribution in [0.5, 0.6) is 0 Å². The molecule has 0 bridgehead atoms. The topological polar surface area (TPSA) is 85.1 Å². The summed E-state index contributed by atoms with van der Waals surface area (Å²) >= 11 is 3.37. The molecule has 1 saturated heterocycles. The van der Waals surface area contributed by atoms with Gasteiger partial charge in [0.15, 0.2) is 17.0 Å². The summed E-state index contributed by atoms with van der Waals surface area (Å²) in [6.07, 6.45) is 6.95. The molecule has 0 radical (unpaired) electrons. The number of anilines is 2. The number of halogens is 1. The molecule has 0 aliphatic carbocycles. The largest absolute Gasteiger partial charge is 0.383 e. The Kier molecular flexibility index (Phi) is 4.93. The van der Waals surface area contributed by atoms with Gasteiger partial charge in [0.2, 0.25) is 5.95 Å². The van der Waals surface area contributed by atoms with Gasteiger partial charge in [0, 0.05) is 52.2 Å². The lowest BCUT2D eigenvalue weighted by Crippen LogP contribution is -2.47. The maximum absolute atomic E-state index is 5.15. The minimum absolute atomic E-state index is 0.622. The predicted octanol–water partition coefficient (Wildman–Crippen LogP) is 1.35. The first-order valence-electron chi connectivity index (χ1n) is 8.38. The lowest BCUT2D eigenvalue weighted by Gasteiger charge is -2.35. The average Bonchev–Trinajstić information content (AvgIpc) is 3.10. The molecule has 3 aromatic heterocycles. The number of hydrogen-bond donors (Lipinski definition) is 0. The third-order valence-corrected chi connectivity index (χ3v) is 4.80. The molecular formula is C16H19BrN8O. The molecule has 1 fully saturated rings. The molecule has 0 atom stereocenters. The molecule has 1 aliphatic heterocycles. The zero-order chi connectivity index (χ0) is 17.9. The van der Waals surface area contributed by atoms with Crippen LogP contribution in [0, 0.1) is 0 Å². The lowest BCUT2D eigenvalue weighted by atomic mass is 10.3. The molecule has 0 saturated carbocycles. The van der Waals surface area contributed by atoms with E-state index in [1.54, 1.807) is 32.2 Å². The Labute approximate surface area is 159 Å². The van der Waals surface area contributed by atoms with Crippen LogP contribution in [0.2, 0.25) is 0 Å². The van der Waals surface area contributed by atoms with E-state index in [0.717, 1.165) is 60.1 Å². The molecule has 0 amide bonds. The molecule has 0 N–H and O–H groups in total. The van der Waals surface area contributed by atoms with E-state index < -0.39 is 0 Å². The van der Waals surface area contributed by atoms with Crippen LogP contribution in [0.1, 0.15) is 0 Å². The summed E-state index contributed by atoms with van der Waals surface area (Å²) in [7, 11) is 1.69. The van der Waals surface area contributed by atoms with Crippen molar-refractivity contribution in [1.82, 2.24) is 29.5 Å². The fourth-order valence-electron chi connectivity index (χ4n) is 3.04. The zero-order valence-electron chi connectivity index (χ0n) is 14.4. The van der Waals surface area contributed by atoms with Crippen LogP contribution in [0.25, 0.3) is 11.2 Å². The quantitative estimate of drug-likeness (QED) is 0.613. The summed E-state index contributed by atoms with van der Waals surface area (Å²) in [6, 6.07) is 0. The van der Waals surface area contributed by atoms with E-state index in [1.165, 1.54) is 0 Å². The maximum Gasteiger partial charge on any atom is 0.225 e. The van der Waals surface area contributed by atoms with Gasteiger partial charge in [-0.25, -0.2) is 24.9 Å². The minimum Gasteiger partial charge on any atom is -0.383 e. The summed E-state index contributed by atoms with van der Waals surface area (Å²) in [4.78, 5) is 26.6. The Morgan fingerprint density at radius 3 is 2.46 bits per heavy atom. The average molecular weight is 419 g/mol. The highest BCUT2D eigenvalue weighted by atomic mass is 79.9. The second-order valence-corrected chi connectivity index (χ2v) is 6.89. The van der Waals surface area contributed by atoms with Crippen LogP contribution in [0.15, 0.2) is 29.5 Å². The Morgan fingerprint density at radius 1 is 1.00 bits per heavy atom. The number of hydrogen-bond acceptors (Lipinski definition) is 8. The van der Waals surface area contributed by atoms with E-state index in [1.807, 2.05) is 4.57 Å². The highest BCUT2D eigenvalue weighted by Gasteiger charge is 2.22. The van der Waals surface area contributed by atoms with Crippen LogP contribution < -0.4 is 9.80 Å². The van der Waals surface area contributed by atoms with E-state index in [0.29, 0.717) is 6.61 Å². The van der Waals surface area contributed by atoms with Gasteiger partial charge in [-0.2, -0.15) is 0 Å². The van der Waals surface area contributed by atoms with Crippen molar-refractivity contribution in [1.29, 1.82) is 0 Å². The van der Waals surface area contributed by atoms with E-state index >= 15 is 0 Å². The second-order valence-electron chi connectivity index (χ2n) is 5.98. The van der Waals surface area contributed by atoms with E-state index in [2.05, 4.69) is 50.6 Å². The first-order valence-corrected chi connectivity index (χ1v) is 9.18. The predicted molar refractivity (Wildman–Crippen MR) is 101 cm³/mol. The lowest BCUT2D eigenvalue weighted by molar-refractivity contribution is 0.188. The van der Waals surface area contributed by atoms with Crippen molar-refractivity contribution in [2.75, 3.05) is 49.7 Å². The summed E-state index contributed by atoms with van der Waals surface area (Å²) in [5, 5.41) is 0. The smallest absolute Gasteiger partial charge is 0.225 e. The maximum atomic E-state index is 5.15. The fraction of sp³-hybridized carbons (Fsp3) is 0.438. The van der Waals surface area contributed by atoms with E-state index in [4.69, 9.17) is 4.74 Å². The molecule has 1 aliphatic rings. The minimum atomic E-state index is 0.622. The van der Waals surface area contributed by atoms with Crippen LogP contribution >= 0.6 is 15.9 Å². The third-order valence-electron chi connectivity index (χ3n) is 4.39. The first-order chi connectivity index (χ1) is 12.8. The van der Waals surface area contributed by atoms with Crippen LogP contribution in [-0.4, -0.2) is 69.4 Å². The monoisotopic (exact) mass is 418 g/mol. The van der Waals surface area contributed by atoms with Gasteiger partial charge in [-0.05, 0) is 15.9 Å². The van der Waals surface area contributed by atoms with Crippen molar-refractivity contribution < 1.29 is 4.74 Å². The molecule has 4 heterocycles. The standard InChI is InChI=1S/C16H19BrN8O/c1-26-7-6-25-11-22-13-14(20-10-21-15(13)25)23-2-4-24(5-3-23)16-18-8-12(17)9-19-16/h8-11H,2-7H2,1H3. The molecule has 0 unspecified atom stereocenters. The highest BCUT2D eigenvalue weighted by molar-refractivity contribution is 9.10. The van der Waals surface area contributed by atoms with Crippen LogP contribution in [-0.2, 0) is 11.3 Å². The number of ether oxygens (including phenoxy) is 1. The second kappa shape index (κ2) is 7.50. The van der Waals surface area contributed by atoms with Gasteiger partial charge in [0.05, 0.1) is 17.4 Å². The number of methoxy groups -OCH3 is 1. The normalized spacial score (nSPS) is 15.0. The Hall–Kier alpha value is -2.33. The number of imidazole rings is 1. The number of fused-ring (bicyclic) bond motifs is 1. The van der Waals surface area contributed by atoms with Crippen molar-refractivity contribution in [2.24, 2.45) is 0 Å². The van der Waals surface area contributed by atoms with Crippen molar-refractivity contribution in [3.8, 4) is 0 Å². The van der Waals surface area contributed by atoms with Gasteiger partial charge < -0.3 is 19.1 Å². The number of nitrogens with zero attached hydrogens (tertiary/aromatic N) is 8. The molecular weight excluding hydrogens is 400 g/mol. The van der Waals surface area contributed by atoms with Gasteiger partial charge in [0.1, 0.15) is 6.33 Å². The van der Waals surface area contributed by atoms with Gasteiger partial charge in [0.25, 0.3) is 0 Å². The summed E-state index contributed by atoms with van der Waals surface area (Å²) < 4.78 is 8.03. The van der Waals surface area contributed by atoms with Gasteiger partial charge >= 0.3 is 0 Å². The molecule has 4 rings (SSSR count). The molecule has 0 spiro atoms. The van der Waals surface area contributed by atoms with Crippen LogP contribution in [0.3, 0.4) is 0 Å². The fourth-order valence-corrected chi connectivity index (χ4v) is 3.24. The summed E-state index contributed by atoms with van der Waals surface area (Å²) in [5.74, 6) is 1.63. The van der Waals surface area contributed by atoms with Gasteiger partial charge in [-0.3, -0.25) is 0 Å². The van der Waals surface area contributed by atoms with Crippen molar-refractivity contribution in [3.05, 3.63) is 29.5 Å². The molecule has 3 aromatic rings. The Morgan fingerprint density at radius 2 is 1.73 bits per heavy atom. The molecule has 0 aromatic carbocycles. The van der Waals surface area contributed by atoms with E-state index in [-0.39, 0.29) is 0 Å².